The van der Waals surface area contributed by atoms with Crippen molar-refractivity contribution in [1.29, 1.82) is 0 Å². The minimum absolute atomic E-state index is 0.0364. The van der Waals surface area contributed by atoms with Crippen molar-refractivity contribution in [3.05, 3.63) is 82.7 Å². The first kappa shape index (κ1) is 21.2. The van der Waals surface area contributed by atoms with Crippen LogP contribution < -0.4 is 14.6 Å². The van der Waals surface area contributed by atoms with Crippen LogP contribution in [0.25, 0.3) is 11.1 Å². The van der Waals surface area contributed by atoms with Crippen molar-refractivity contribution in [2.24, 2.45) is 5.14 Å². The molecular weight excluding hydrogens is 431 g/mol. The first-order chi connectivity index (χ1) is 14.6. The summed E-state index contributed by atoms with van der Waals surface area (Å²) in [5.41, 5.74) is 2.68. The van der Waals surface area contributed by atoms with E-state index in [0.717, 1.165) is 0 Å². The Balaban J connectivity index is 1.95. The second-order valence-corrected chi connectivity index (χ2v) is 8.86. The fourth-order valence-electron chi connectivity index (χ4n) is 3.75. The van der Waals surface area contributed by atoms with Gasteiger partial charge in [0, 0.05) is 5.56 Å². The fourth-order valence-corrected chi connectivity index (χ4v) is 4.39. The topological polar surface area (TPSA) is 78.6 Å². The minimum Gasteiger partial charge on any atom is -0.480 e. The van der Waals surface area contributed by atoms with Gasteiger partial charge in [-0.25, -0.2) is 17.9 Å². The maximum Gasteiger partial charge on any atom is 0.387 e. The average Bonchev–Trinajstić information content (AvgIpc) is 2.67. The zero-order valence-corrected chi connectivity index (χ0v) is 17.1. The number of halogens is 3. The molecule has 0 saturated carbocycles. The van der Waals surface area contributed by atoms with E-state index in [1.807, 2.05) is 0 Å². The molecule has 3 aromatic rings. The van der Waals surface area contributed by atoms with Gasteiger partial charge in [-0.05, 0) is 47.4 Å². The smallest absolute Gasteiger partial charge is 0.387 e. The van der Waals surface area contributed by atoms with E-state index in [1.54, 1.807) is 43.3 Å². The van der Waals surface area contributed by atoms with Crippen molar-refractivity contribution in [1.82, 2.24) is 0 Å². The molecule has 1 unspecified atom stereocenters. The van der Waals surface area contributed by atoms with Gasteiger partial charge in [-0.15, -0.1) is 0 Å². The Morgan fingerprint density at radius 3 is 2.58 bits per heavy atom. The Kier molecular flexibility index (Phi) is 5.40. The summed E-state index contributed by atoms with van der Waals surface area (Å²) in [4.78, 5) is 0. The number of aryl methyl sites for hydroxylation is 1. The maximum absolute atomic E-state index is 13.9. The van der Waals surface area contributed by atoms with Crippen molar-refractivity contribution in [2.45, 2.75) is 25.4 Å². The third-order valence-corrected chi connectivity index (χ3v) is 5.69. The van der Waals surface area contributed by atoms with Gasteiger partial charge in [0.05, 0.1) is 11.3 Å². The van der Waals surface area contributed by atoms with Crippen LogP contribution in [0, 0.1) is 12.7 Å². The summed E-state index contributed by atoms with van der Waals surface area (Å²) in [6, 6.07) is 13.8. The molecule has 5 nitrogen and oxygen atoms in total. The fraction of sp³-hybridized carbons (Fsp3) is 0.182. The van der Waals surface area contributed by atoms with Gasteiger partial charge in [0.2, 0.25) is 10.0 Å². The molecule has 0 aromatic heterocycles. The predicted molar refractivity (Wildman–Crippen MR) is 109 cm³/mol. The van der Waals surface area contributed by atoms with Crippen LogP contribution in [0.1, 0.15) is 28.4 Å². The molecule has 1 aliphatic rings. The third-order valence-electron chi connectivity index (χ3n) is 4.96. The third kappa shape index (κ3) is 4.38. The van der Waals surface area contributed by atoms with Gasteiger partial charge < -0.3 is 9.47 Å². The quantitative estimate of drug-likeness (QED) is 0.614. The van der Waals surface area contributed by atoms with E-state index in [1.165, 1.54) is 18.2 Å². The zero-order valence-electron chi connectivity index (χ0n) is 16.3. The molecule has 0 amide bonds. The number of hydrogen-bond donors (Lipinski definition) is 1. The number of hydrogen-bond acceptors (Lipinski definition) is 4. The van der Waals surface area contributed by atoms with Crippen molar-refractivity contribution in [3.63, 3.8) is 0 Å². The lowest BCUT2D eigenvalue weighted by Gasteiger charge is -2.31. The molecule has 1 atom stereocenters. The molecule has 0 radical (unpaired) electrons. The molecule has 0 saturated heterocycles. The van der Waals surface area contributed by atoms with Crippen molar-refractivity contribution in [2.75, 3.05) is 0 Å². The Labute approximate surface area is 177 Å². The van der Waals surface area contributed by atoms with Crippen molar-refractivity contribution >= 4 is 10.0 Å². The molecule has 1 aliphatic heterocycles. The van der Waals surface area contributed by atoms with Gasteiger partial charge in [-0.1, -0.05) is 36.4 Å². The molecule has 0 bridgehead atoms. The summed E-state index contributed by atoms with van der Waals surface area (Å²) in [6.07, 6.45) is -0.791. The highest BCUT2D eigenvalue weighted by molar-refractivity contribution is 7.88. The van der Waals surface area contributed by atoms with Crippen molar-refractivity contribution < 1.29 is 31.1 Å². The zero-order chi connectivity index (χ0) is 22.3. The lowest BCUT2D eigenvalue weighted by atomic mass is 9.87. The molecule has 31 heavy (non-hydrogen) atoms. The van der Waals surface area contributed by atoms with Gasteiger partial charge in [0.25, 0.3) is 0 Å². The number of ether oxygens (including phenoxy) is 2. The first-order valence-corrected chi connectivity index (χ1v) is 11.0. The average molecular weight is 449 g/mol. The van der Waals surface area contributed by atoms with Gasteiger partial charge in [-0.3, -0.25) is 0 Å². The van der Waals surface area contributed by atoms with E-state index < -0.39 is 34.3 Å². The number of rotatable bonds is 5. The second kappa shape index (κ2) is 7.90. The highest BCUT2D eigenvalue weighted by Crippen LogP contribution is 2.50. The van der Waals surface area contributed by atoms with E-state index in [2.05, 4.69) is 0 Å². The number of fused-ring (bicyclic) bond motifs is 3. The number of primary sulfonamides is 1. The Morgan fingerprint density at radius 1 is 1.13 bits per heavy atom. The van der Waals surface area contributed by atoms with E-state index in [-0.39, 0.29) is 5.75 Å². The Bertz CT molecular complexity index is 1260. The molecule has 162 valence electrons. The lowest BCUT2D eigenvalue weighted by Crippen LogP contribution is -2.19. The monoisotopic (exact) mass is 449 g/mol. The largest absolute Gasteiger partial charge is 0.480 e. The van der Waals surface area contributed by atoms with Crippen LogP contribution in [-0.4, -0.2) is 15.0 Å². The molecule has 1 heterocycles. The SMILES string of the molecule is Cc1ccc2c(c1OC(F)F)-c1ccc(CS(N)(=O)=O)cc1C(c1cccc(F)c1)O2. The molecule has 0 fully saturated rings. The first-order valence-electron chi connectivity index (χ1n) is 9.26. The van der Waals surface area contributed by atoms with Gasteiger partial charge in [-0.2, -0.15) is 8.78 Å². The van der Waals surface area contributed by atoms with Crippen molar-refractivity contribution in [3.8, 4) is 22.6 Å². The molecule has 4 rings (SSSR count). The van der Waals surface area contributed by atoms with Crippen LogP contribution in [0.2, 0.25) is 0 Å². The molecule has 9 heteroatoms. The summed E-state index contributed by atoms with van der Waals surface area (Å²) >= 11 is 0. The number of benzene rings is 3. The normalized spacial score (nSPS) is 15.2. The standard InChI is InChI=1S/C22H18F3NO4S/c1-12-5-8-18-19(20(12)30-22(24)25)16-7-6-13(11-31(26,27)28)9-17(16)21(29-18)14-3-2-4-15(23)10-14/h2-10,21-22H,11H2,1H3,(H2,26,27,28). The highest BCUT2D eigenvalue weighted by atomic mass is 32.2. The molecule has 2 N–H and O–H groups in total. The molecule has 0 spiro atoms. The molecule has 0 aliphatic carbocycles. The molecular formula is C22H18F3NO4S. The van der Waals surface area contributed by atoms with Crippen LogP contribution in [0.15, 0.2) is 54.6 Å². The Hall–Kier alpha value is -3.04. The summed E-state index contributed by atoms with van der Waals surface area (Å²) in [5, 5.41) is 5.17. The maximum atomic E-state index is 13.9. The van der Waals surface area contributed by atoms with Crippen LogP contribution in [0.5, 0.6) is 11.5 Å². The van der Waals surface area contributed by atoms with Crippen LogP contribution in [0.3, 0.4) is 0 Å². The van der Waals surface area contributed by atoms with Crippen LogP contribution in [0.4, 0.5) is 13.2 Å². The van der Waals surface area contributed by atoms with E-state index in [0.29, 0.717) is 39.1 Å². The van der Waals surface area contributed by atoms with Crippen LogP contribution >= 0.6 is 0 Å². The van der Waals surface area contributed by atoms with Gasteiger partial charge >= 0.3 is 6.61 Å². The summed E-state index contributed by atoms with van der Waals surface area (Å²) in [6.45, 7) is -1.41. The number of sulfonamides is 1. The summed E-state index contributed by atoms with van der Waals surface area (Å²) < 4.78 is 74.1. The summed E-state index contributed by atoms with van der Waals surface area (Å²) in [7, 11) is -3.81. The summed E-state index contributed by atoms with van der Waals surface area (Å²) in [5.74, 6) is -0.635. The lowest BCUT2D eigenvalue weighted by molar-refractivity contribution is -0.0500. The Morgan fingerprint density at radius 2 is 1.90 bits per heavy atom. The number of alkyl halides is 2. The van der Waals surface area contributed by atoms with E-state index >= 15 is 0 Å². The second-order valence-electron chi connectivity index (χ2n) is 7.24. The van der Waals surface area contributed by atoms with Crippen LogP contribution in [-0.2, 0) is 15.8 Å². The van der Waals surface area contributed by atoms with E-state index in [9.17, 15) is 21.6 Å². The number of nitrogens with two attached hydrogens (primary N) is 1. The van der Waals surface area contributed by atoms with E-state index in [4.69, 9.17) is 14.6 Å². The van der Waals surface area contributed by atoms with Gasteiger partial charge in [0.15, 0.2) is 0 Å². The highest BCUT2D eigenvalue weighted by Gasteiger charge is 2.32. The predicted octanol–water partition coefficient (Wildman–Crippen LogP) is 4.67. The molecule has 3 aromatic carbocycles. The van der Waals surface area contributed by atoms with Gasteiger partial charge in [0.1, 0.15) is 23.4 Å². The minimum atomic E-state index is -3.81.